The highest BCUT2D eigenvalue weighted by atomic mass is 79.9. The lowest BCUT2D eigenvalue weighted by Gasteiger charge is -2.04. The van der Waals surface area contributed by atoms with Gasteiger partial charge in [0, 0.05) is 4.47 Å². The molecule has 0 unspecified atom stereocenters. The molecule has 0 aliphatic heterocycles. The van der Waals surface area contributed by atoms with Crippen LogP contribution in [0.25, 0.3) is 0 Å². The zero-order valence-electron chi connectivity index (χ0n) is 10.6. The lowest BCUT2D eigenvalue weighted by Crippen LogP contribution is -2.03. The summed E-state index contributed by atoms with van der Waals surface area (Å²) in [6.45, 7) is 0.299. The first-order chi connectivity index (χ1) is 8.49. The summed E-state index contributed by atoms with van der Waals surface area (Å²) >= 11 is 3.53. The van der Waals surface area contributed by atoms with E-state index in [2.05, 4.69) is 32.2 Å². The van der Waals surface area contributed by atoms with Gasteiger partial charge in [-0.1, -0.05) is 47.0 Å². The molecule has 0 atom stereocenters. The standard InChI is InChI=1S/C13H19BrO3S/c1-18(15,16)17-11-7-3-2-4-8-12-9-5-6-10-13(12)14/h5-6,9-10H,2-4,7-8,11H2,1H3. The molecule has 5 heteroatoms. The monoisotopic (exact) mass is 334 g/mol. The van der Waals surface area contributed by atoms with Gasteiger partial charge in [-0.15, -0.1) is 0 Å². The van der Waals surface area contributed by atoms with E-state index in [9.17, 15) is 8.42 Å². The maximum atomic E-state index is 10.7. The number of hydrogen-bond donors (Lipinski definition) is 0. The van der Waals surface area contributed by atoms with E-state index in [-0.39, 0.29) is 0 Å². The molecule has 1 aromatic carbocycles. The Bertz CT molecular complexity index is 457. The molecule has 0 heterocycles. The highest BCUT2D eigenvalue weighted by molar-refractivity contribution is 9.10. The van der Waals surface area contributed by atoms with Crippen LogP contribution < -0.4 is 0 Å². The molecular formula is C13H19BrO3S. The van der Waals surface area contributed by atoms with Crippen LogP contribution in [0.5, 0.6) is 0 Å². The number of halogens is 1. The van der Waals surface area contributed by atoms with Crippen LogP contribution in [-0.4, -0.2) is 21.3 Å². The molecule has 0 aliphatic rings. The van der Waals surface area contributed by atoms with E-state index in [0.29, 0.717) is 6.61 Å². The quantitative estimate of drug-likeness (QED) is 0.539. The molecule has 0 saturated carbocycles. The Morgan fingerprint density at radius 1 is 1.11 bits per heavy atom. The van der Waals surface area contributed by atoms with Crippen molar-refractivity contribution in [3.63, 3.8) is 0 Å². The summed E-state index contributed by atoms with van der Waals surface area (Å²) in [5.74, 6) is 0. The van der Waals surface area contributed by atoms with E-state index in [1.165, 1.54) is 5.56 Å². The number of rotatable bonds is 8. The fourth-order valence-electron chi connectivity index (χ4n) is 1.68. The van der Waals surface area contributed by atoms with Gasteiger partial charge in [0.05, 0.1) is 12.9 Å². The Morgan fingerprint density at radius 2 is 1.78 bits per heavy atom. The van der Waals surface area contributed by atoms with Crippen molar-refractivity contribution in [2.75, 3.05) is 12.9 Å². The molecule has 0 saturated heterocycles. The Morgan fingerprint density at radius 3 is 2.44 bits per heavy atom. The van der Waals surface area contributed by atoms with Crippen LogP contribution in [0.1, 0.15) is 31.2 Å². The second kappa shape index (κ2) is 7.92. The van der Waals surface area contributed by atoms with Crippen molar-refractivity contribution < 1.29 is 12.6 Å². The Balaban J connectivity index is 2.08. The topological polar surface area (TPSA) is 43.4 Å². The molecule has 0 bridgehead atoms. The van der Waals surface area contributed by atoms with Crippen molar-refractivity contribution >= 4 is 26.0 Å². The zero-order chi connectivity index (χ0) is 13.4. The molecule has 3 nitrogen and oxygen atoms in total. The van der Waals surface area contributed by atoms with Crippen LogP contribution in [0.15, 0.2) is 28.7 Å². The molecule has 0 fully saturated rings. The van der Waals surface area contributed by atoms with E-state index in [0.717, 1.165) is 42.8 Å². The zero-order valence-corrected chi connectivity index (χ0v) is 13.0. The predicted octanol–water partition coefficient (Wildman–Crippen LogP) is 3.53. The van der Waals surface area contributed by atoms with Crippen LogP contribution in [-0.2, 0) is 20.7 Å². The molecule has 0 spiro atoms. The van der Waals surface area contributed by atoms with Crippen molar-refractivity contribution in [3.05, 3.63) is 34.3 Å². The average Bonchev–Trinajstić information content (AvgIpc) is 2.28. The van der Waals surface area contributed by atoms with Gasteiger partial charge in [-0.25, -0.2) is 0 Å². The van der Waals surface area contributed by atoms with Gasteiger partial charge in [0.1, 0.15) is 0 Å². The van der Waals surface area contributed by atoms with Crippen LogP contribution in [0, 0.1) is 0 Å². The smallest absolute Gasteiger partial charge is 0.264 e. The minimum absolute atomic E-state index is 0.299. The van der Waals surface area contributed by atoms with Crippen molar-refractivity contribution in [2.45, 2.75) is 32.1 Å². The summed E-state index contributed by atoms with van der Waals surface area (Å²) in [5, 5.41) is 0. The number of aryl methyl sites for hydroxylation is 1. The fourth-order valence-corrected chi connectivity index (χ4v) is 2.59. The van der Waals surface area contributed by atoms with E-state index in [1.807, 2.05) is 12.1 Å². The molecule has 0 aliphatic carbocycles. The molecule has 0 aromatic heterocycles. The first-order valence-corrected chi connectivity index (χ1v) is 8.68. The number of unbranched alkanes of at least 4 members (excludes halogenated alkanes) is 3. The second-order valence-corrected chi connectivity index (χ2v) is 6.78. The van der Waals surface area contributed by atoms with Gasteiger partial charge in [-0.05, 0) is 30.9 Å². The summed E-state index contributed by atoms with van der Waals surface area (Å²) in [6, 6.07) is 8.22. The van der Waals surface area contributed by atoms with Crippen molar-refractivity contribution in [1.29, 1.82) is 0 Å². The lowest BCUT2D eigenvalue weighted by atomic mass is 10.1. The summed E-state index contributed by atoms with van der Waals surface area (Å²) in [7, 11) is -3.27. The Labute approximate surface area is 118 Å². The minimum atomic E-state index is -3.27. The average molecular weight is 335 g/mol. The summed E-state index contributed by atoms with van der Waals surface area (Å²) in [6.07, 6.45) is 6.13. The van der Waals surface area contributed by atoms with Crippen LogP contribution >= 0.6 is 15.9 Å². The molecule has 102 valence electrons. The maximum Gasteiger partial charge on any atom is 0.264 e. The third kappa shape index (κ3) is 7.13. The Hall–Kier alpha value is -0.390. The second-order valence-electron chi connectivity index (χ2n) is 4.28. The van der Waals surface area contributed by atoms with Gasteiger partial charge in [-0.3, -0.25) is 4.18 Å². The van der Waals surface area contributed by atoms with E-state index in [4.69, 9.17) is 0 Å². The van der Waals surface area contributed by atoms with Crippen molar-refractivity contribution in [1.82, 2.24) is 0 Å². The molecular weight excluding hydrogens is 316 g/mol. The predicted molar refractivity (Wildman–Crippen MR) is 77.1 cm³/mol. The number of benzene rings is 1. The third-order valence-corrected chi connectivity index (χ3v) is 3.96. The minimum Gasteiger partial charge on any atom is -0.270 e. The van der Waals surface area contributed by atoms with Crippen molar-refractivity contribution in [3.8, 4) is 0 Å². The third-order valence-electron chi connectivity index (χ3n) is 2.60. The van der Waals surface area contributed by atoms with E-state index < -0.39 is 10.1 Å². The van der Waals surface area contributed by atoms with Gasteiger partial charge in [0.2, 0.25) is 0 Å². The normalized spacial score (nSPS) is 11.7. The fraction of sp³-hybridized carbons (Fsp3) is 0.538. The molecule has 18 heavy (non-hydrogen) atoms. The molecule has 1 rings (SSSR count). The van der Waals surface area contributed by atoms with E-state index >= 15 is 0 Å². The number of hydrogen-bond acceptors (Lipinski definition) is 3. The van der Waals surface area contributed by atoms with Crippen LogP contribution in [0.2, 0.25) is 0 Å². The summed E-state index contributed by atoms with van der Waals surface area (Å²) in [5.41, 5.74) is 1.32. The first kappa shape index (κ1) is 15.7. The van der Waals surface area contributed by atoms with Gasteiger partial charge < -0.3 is 0 Å². The van der Waals surface area contributed by atoms with Gasteiger partial charge in [0.15, 0.2) is 0 Å². The molecule has 0 radical (unpaired) electrons. The summed E-state index contributed by atoms with van der Waals surface area (Å²) in [4.78, 5) is 0. The molecule has 1 aromatic rings. The van der Waals surface area contributed by atoms with Crippen molar-refractivity contribution in [2.24, 2.45) is 0 Å². The van der Waals surface area contributed by atoms with Gasteiger partial charge in [-0.2, -0.15) is 8.42 Å². The highest BCUT2D eigenvalue weighted by Gasteiger charge is 2.01. The largest absolute Gasteiger partial charge is 0.270 e. The van der Waals surface area contributed by atoms with Gasteiger partial charge in [0.25, 0.3) is 10.1 Å². The highest BCUT2D eigenvalue weighted by Crippen LogP contribution is 2.18. The maximum absolute atomic E-state index is 10.7. The van der Waals surface area contributed by atoms with Gasteiger partial charge >= 0.3 is 0 Å². The molecule has 0 N–H and O–H groups in total. The summed E-state index contributed by atoms with van der Waals surface area (Å²) < 4.78 is 27.3. The van der Waals surface area contributed by atoms with Crippen LogP contribution in [0.4, 0.5) is 0 Å². The Kier molecular flexibility index (Phi) is 6.89. The SMILES string of the molecule is CS(=O)(=O)OCCCCCCc1ccccc1Br. The van der Waals surface area contributed by atoms with Crippen LogP contribution in [0.3, 0.4) is 0 Å². The first-order valence-electron chi connectivity index (χ1n) is 6.07. The molecule has 0 amide bonds. The lowest BCUT2D eigenvalue weighted by molar-refractivity contribution is 0.310. The van der Waals surface area contributed by atoms with E-state index in [1.54, 1.807) is 0 Å².